The second kappa shape index (κ2) is 8.24. The Kier molecular flexibility index (Phi) is 6.07. The minimum Gasteiger partial charge on any atom is -0.497 e. The Morgan fingerprint density at radius 3 is 2.38 bits per heavy atom. The highest BCUT2D eigenvalue weighted by molar-refractivity contribution is 5.80. The van der Waals surface area contributed by atoms with Gasteiger partial charge in [0.05, 0.1) is 33.8 Å². The number of hydrogen-bond acceptors (Lipinski definition) is 4. The number of ether oxygens (including phenoxy) is 3. The molecule has 0 spiro atoms. The molecule has 2 aromatic carbocycles. The van der Waals surface area contributed by atoms with Gasteiger partial charge in [-0.15, -0.1) is 0 Å². The van der Waals surface area contributed by atoms with E-state index in [0.717, 1.165) is 16.9 Å². The largest absolute Gasteiger partial charge is 0.497 e. The molecule has 2 rings (SSSR count). The molecule has 0 aromatic heterocycles. The van der Waals surface area contributed by atoms with E-state index in [1.807, 2.05) is 37.3 Å². The van der Waals surface area contributed by atoms with Gasteiger partial charge in [0.15, 0.2) is 0 Å². The SMILES string of the molecule is COc1ccc(OC)c(CC(=O)N[C@H](C)c2ccccc2OC)c1. The lowest BCUT2D eigenvalue weighted by Crippen LogP contribution is -2.28. The molecule has 5 nitrogen and oxygen atoms in total. The van der Waals surface area contributed by atoms with Crippen molar-refractivity contribution in [3.63, 3.8) is 0 Å². The molecule has 0 aliphatic heterocycles. The summed E-state index contributed by atoms with van der Waals surface area (Å²) in [6.07, 6.45) is 0.208. The first-order valence-corrected chi connectivity index (χ1v) is 7.72. The quantitative estimate of drug-likeness (QED) is 0.848. The van der Waals surface area contributed by atoms with E-state index in [-0.39, 0.29) is 18.4 Å². The molecule has 128 valence electrons. The molecular weight excluding hydrogens is 306 g/mol. The number of benzene rings is 2. The highest BCUT2D eigenvalue weighted by Crippen LogP contribution is 2.26. The van der Waals surface area contributed by atoms with Gasteiger partial charge in [-0.25, -0.2) is 0 Å². The van der Waals surface area contributed by atoms with Crippen LogP contribution in [0.25, 0.3) is 0 Å². The molecule has 5 heteroatoms. The number of rotatable bonds is 7. The van der Waals surface area contributed by atoms with Crippen molar-refractivity contribution in [3.05, 3.63) is 53.6 Å². The number of nitrogens with one attached hydrogen (secondary N) is 1. The number of hydrogen-bond donors (Lipinski definition) is 1. The van der Waals surface area contributed by atoms with Crippen LogP contribution in [-0.2, 0) is 11.2 Å². The van der Waals surface area contributed by atoms with E-state index in [0.29, 0.717) is 11.5 Å². The zero-order valence-electron chi connectivity index (χ0n) is 14.5. The summed E-state index contributed by atoms with van der Waals surface area (Å²) in [4.78, 5) is 12.4. The van der Waals surface area contributed by atoms with Gasteiger partial charge in [-0.2, -0.15) is 0 Å². The summed E-state index contributed by atoms with van der Waals surface area (Å²) >= 11 is 0. The maximum Gasteiger partial charge on any atom is 0.225 e. The van der Waals surface area contributed by atoms with Crippen LogP contribution in [0.4, 0.5) is 0 Å². The molecule has 2 aromatic rings. The van der Waals surface area contributed by atoms with E-state index in [9.17, 15) is 4.79 Å². The van der Waals surface area contributed by atoms with E-state index in [1.165, 1.54) is 0 Å². The standard InChI is InChI=1S/C19H23NO4/c1-13(16-7-5-6-8-18(16)24-4)20-19(21)12-14-11-15(22-2)9-10-17(14)23-3/h5-11,13H,12H2,1-4H3,(H,20,21)/t13-/m1/s1. The molecule has 1 amide bonds. The van der Waals surface area contributed by atoms with Crippen LogP contribution in [0, 0.1) is 0 Å². The van der Waals surface area contributed by atoms with Gasteiger partial charge in [-0.3, -0.25) is 4.79 Å². The van der Waals surface area contributed by atoms with Crippen molar-refractivity contribution in [2.75, 3.05) is 21.3 Å². The average Bonchev–Trinajstić information content (AvgIpc) is 2.61. The average molecular weight is 329 g/mol. The highest BCUT2D eigenvalue weighted by atomic mass is 16.5. The molecule has 0 aliphatic carbocycles. The zero-order valence-corrected chi connectivity index (χ0v) is 14.5. The Morgan fingerprint density at radius 2 is 1.71 bits per heavy atom. The Balaban J connectivity index is 2.10. The van der Waals surface area contributed by atoms with Gasteiger partial charge in [0.25, 0.3) is 0 Å². The van der Waals surface area contributed by atoms with E-state index < -0.39 is 0 Å². The molecule has 0 radical (unpaired) electrons. The molecule has 0 bridgehead atoms. The minimum absolute atomic E-state index is 0.0973. The summed E-state index contributed by atoms with van der Waals surface area (Å²) in [5.74, 6) is 2.01. The van der Waals surface area contributed by atoms with Crippen molar-refractivity contribution in [1.82, 2.24) is 5.32 Å². The molecule has 0 saturated carbocycles. The highest BCUT2D eigenvalue weighted by Gasteiger charge is 2.15. The second-order valence-electron chi connectivity index (χ2n) is 5.39. The third kappa shape index (κ3) is 4.19. The maximum absolute atomic E-state index is 12.4. The number of carbonyl (C=O) groups excluding carboxylic acids is 1. The van der Waals surface area contributed by atoms with Gasteiger partial charge in [0, 0.05) is 11.1 Å². The van der Waals surface area contributed by atoms with Crippen LogP contribution in [0.5, 0.6) is 17.2 Å². The van der Waals surface area contributed by atoms with Crippen molar-refractivity contribution < 1.29 is 19.0 Å². The summed E-state index contributed by atoms with van der Waals surface area (Å²) < 4.78 is 15.9. The monoisotopic (exact) mass is 329 g/mol. The van der Waals surface area contributed by atoms with E-state index in [4.69, 9.17) is 14.2 Å². The van der Waals surface area contributed by atoms with Gasteiger partial charge in [-0.1, -0.05) is 18.2 Å². The van der Waals surface area contributed by atoms with Crippen molar-refractivity contribution in [2.45, 2.75) is 19.4 Å². The van der Waals surface area contributed by atoms with Gasteiger partial charge < -0.3 is 19.5 Å². The zero-order chi connectivity index (χ0) is 17.5. The van der Waals surface area contributed by atoms with E-state index in [1.54, 1.807) is 33.5 Å². The molecule has 0 saturated heterocycles. The van der Waals surface area contributed by atoms with Crippen molar-refractivity contribution in [3.8, 4) is 17.2 Å². The molecule has 0 aliphatic rings. The molecular formula is C19H23NO4. The van der Waals surface area contributed by atoms with Crippen LogP contribution in [0.3, 0.4) is 0 Å². The first-order valence-electron chi connectivity index (χ1n) is 7.72. The van der Waals surface area contributed by atoms with Crippen molar-refractivity contribution >= 4 is 5.91 Å². The summed E-state index contributed by atoms with van der Waals surface area (Å²) in [7, 11) is 4.80. The lowest BCUT2D eigenvalue weighted by molar-refractivity contribution is -0.121. The topological polar surface area (TPSA) is 56.8 Å². The third-order valence-electron chi connectivity index (χ3n) is 3.82. The fourth-order valence-electron chi connectivity index (χ4n) is 2.59. The fourth-order valence-corrected chi connectivity index (χ4v) is 2.59. The number of carbonyl (C=O) groups is 1. The maximum atomic E-state index is 12.4. The molecule has 24 heavy (non-hydrogen) atoms. The first-order chi connectivity index (χ1) is 11.6. The first kappa shape index (κ1) is 17.7. The Bertz CT molecular complexity index is 700. The second-order valence-corrected chi connectivity index (χ2v) is 5.39. The van der Waals surface area contributed by atoms with Crippen LogP contribution >= 0.6 is 0 Å². The van der Waals surface area contributed by atoms with Crippen LogP contribution in [0.2, 0.25) is 0 Å². The number of para-hydroxylation sites is 1. The van der Waals surface area contributed by atoms with Gasteiger partial charge in [-0.05, 0) is 31.2 Å². The Labute approximate surface area is 142 Å². The predicted molar refractivity (Wildman–Crippen MR) is 92.8 cm³/mol. The van der Waals surface area contributed by atoms with Gasteiger partial charge in [0.1, 0.15) is 17.2 Å². The van der Waals surface area contributed by atoms with E-state index >= 15 is 0 Å². The molecule has 0 fully saturated rings. The Morgan fingerprint density at radius 1 is 1.00 bits per heavy atom. The normalized spacial score (nSPS) is 11.5. The van der Waals surface area contributed by atoms with E-state index in [2.05, 4.69) is 5.32 Å². The number of amides is 1. The molecule has 1 N–H and O–H groups in total. The summed E-state index contributed by atoms with van der Waals surface area (Å²) in [6.45, 7) is 1.93. The molecule has 1 atom stereocenters. The Hall–Kier alpha value is -2.69. The summed E-state index contributed by atoms with van der Waals surface area (Å²) in [6, 6.07) is 12.9. The van der Waals surface area contributed by atoms with Crippen LogP contribution in [0.1, 0.15) is 24.1 Å². The summed E-state index contributed by atoms with van der Waals surface area (Å²) in [5.41, 5.74) is 1.72. The molecule has 0 unspecified atom stereocenters. The lowest BCUT2D eigenvalue weighted by atomic mass is 10.1. The minimum atomic E-state index is -0.162. The van der Waals surface area contributed by atoms with Crippen molar-refractivity contribution in [2.24, 2.45) is 0 Å². The smallest absolute Gasteiger partial charge is 0.225 e. The number of methoxy groups -OCH3 is 3. The molecule has 0 heterocycles. The summed E-state index contributed by atoms with van der Waals surface area (Å²) in [5, 5.41) is 2.99. The van der Waals surface area contributed by atoms with Gasteiger partial charge in [0.2, 0.25) is 5.91 Å². The van der Waals surface area contributed by atoms with Crippen molar-refractivity contribution in [1.29, 1.82) is 0 Å². The lowest BCUT2D eigenvalue weighted by Gasteiger charge is -2.18. The van der Waals surface area contributed by atoms with Crippen LogP contribution in [-0.4, -0.2) is 27.2 Å². The van der Waals surface area contributed by atoms with Crippen LogP contribution < -0.4 is 19.5 Å². The third-order valence-corrected chi connectivity index (χ3v) is 3.82. The fraction of sp³-hybridized carbons (Fsp3) is 0.316. The predicted octanol–water partition coefficient (Wildman–Crippen LogP) is 3.13. The van der Waals surface area contributed by atoms with Crippen LogP contribution in [0.15, 0.2) is 42.5 Å². The van der Waals surface area contributed by atoms with Gasteiger partial charge >= 0.3 is 0 Å².